The number of halogens is 1. The molecule has 0 saturated carbocycles. The molecule has 2 nitrogen and oxygen atoms in total. The zero-order chi connectivity index (χ0) is 9.97. The molecular formula is C11H12BrNO. The maximum atomic E-state index is 5.17. The number of aryl methyl sites for hydroxylation is 1. The quantitative estimate of drug-likeness (QED) is 0.768. The molecule has 1 heterocycles. The van der Waals surface area contributed by atoms with Crippen LogP contribution in [0.2, 0.25) is 0 Å². The van der Waals surface area contributed by atoms with E-state index in [1.807, 2.05) is 6.07 Å². The highest BCUT2D eigenvalue weighted by atomic mass is 79.9. The Bertz CT molecular complexity index is 436. The number of ether oxygens (including phenoxy) is 1. The maximum absolute atomic E-state index is 5.17. The second-order valence-corrected chi connectivity index (χ2v) is 3.92. The first-order chi connectivity index (χ1) is 6.85. The molecule has 74 valence electrons. The van der Waals surface area contributed by atoms with Crippen LogP contribution in [0.4, 0.5) is 0 Å². The van der Waals surface area contributed by atoms with Crippen LogP contribution >= 0.6 is 15.9 Å². The molecule has 3 heteroatoms. The van der Waals surface area contributed by atoms with Crippen molar-refractivity contribution in [1.29, 1.82) is 0 Å². The summed E-state index contributed by atoms with van der Waals surface area (Å²) in [5, 5.41) is 2.20. The lowest BCUT2D eigenvalue weighted by atomic mass is 10.2. The molecule has 0 aliphatic carbocycles. The largest absolute Gasteiger partial charge is 0.497 e. The number of hydrogen-bond donors (Lipinski definition) is 0. The van der Waals surface area contributed by atoms with Crippen LogP contribution in [-0.2, 0) is 6.54 Å². The van der Waals surface area contributed by atoms with Gasteiger partial charge in [0, 0.05) is 29.0 Å². The fraction of sp³-hybridized carbons (Fsp3) is 0.273. The number of hydrogen-bond acceptors (Lipinski definition) is 1. The Morgan fingerprint density at radius 3 is 2.93 bits per heavy atom. The van der Waals surface area contributed by atoms with Gasteiger partial charge in [0.05, 0.1) is 7.11 Å². The molecule has 0 aliphatic heterocycles. The van der Waals surface area contributed by atoms with E-state index in [0.29, 0.717) is 0 Å². The molecule has 14 heavy (non-hydrogen) atoms. The summed E-state index contributed by atoms with van der Waals surface area (Å²) < 4.78 is 7.40. The van der Waals surface area contributed by atoms with Crippen molar-refractivity contribution in [2.75, 3.05) is 12.4 Å². The number of nitrogens with zero attached hydrogens (tertiary/aromatic N) is 1. The van der Waals surface area contributed by atoms with Crippen LogP contribution < -0.4 is 4.74 Å². The number of aromatic nitrogens is 1. The maximum Gasteiger partial charge on any atom is 0.119 e. The van der Waals surface area contributed by atoms with E-state index in [0.717, 1.165) is 17.6 Å². The predicted octanol–water partition coefficient (Wildman–Crippen LogP) is 3.04. The second-order valence-electron chi connectivity index (χ2n) is 3.12. The molecule has 0 atom stereocenters. The van der Waals surface area contributed by atoms with Gasteiger partial charge in [-0.3, -0.25) is 0 Å². The number of benzene rings is 1. The van der Waals surface area contributed by atoms with Gasteiger partial charge in [0.2, 0.25) is 0 Å². The third-order valence-electron chi connectivity index (χ3n) is 2.30. The van der Waals surface area contributed by atoms with Crippen molar-refractivity contribution in [1.82, 2.24) is 4.57 Å². The molecule has 0 radical (unpaired) electrons. The van der Waals surface area contributed by atoms with E-state index in [-0.39, 0.29) is 0 Å². The van der Waals surface area contributed by atoms with Gasteiger partial charge in [0.15, 0.2) is 0 Å². The van der Waals surface area contributed by atoms with Gasteiger partial charge in [-0.05, 0) is 24.3 Å². The lowest BCUT2D eigenvalue weighted by Gasteiger charge is -2.03. The highest BCUT2D eigenvalue weighted by Gasteiger charge is 2.01. The molecule has 0 unspecified atom stereocenters. The van der Waals surface area contributed by atoms with Gasteiger partial charge < -0.3 is 9.30 Å². The SMILES string of the molecule is COc1ccc2c(ccn2CCBr)c1. The van der Waals surface area contributed by atoms with Crippen LogP contribution in [0.15, 0.2) is 30.5 Å². The summed E-state index contributed by atoms with van der Waals surface area (Å²) in [6.07, 6.45) is 2.10. The molecule has 1 aromatic carbocycles. The number of methoxy groups -OCH3 is 1. The van der Waals surface area contributed by atoms with Crippen LogP contribution in [0.25, 0.3) is 10.9 Å². The minimum absolute atomic E-state index is 0.911. The molecule has 0 aliphatic rings. The van der Waals surface area contributed by atoms with Crippen LogP contribution in [0.3, 0.4) is 0 Å². The smallest absolute Gasteiger partial charge is 0.119 e. The fourth-order valence-electron chi connectivity index (χ4n) is 1.59. The van der Waals surface area contributed by atoms with Gasteiger partial charge in [0.1, 0.15) is 5.75 Å². The summed E-state index contributed by atoms with van der Waals surface area (Å²) in [6.45, 7) is 0.996. The number of rotatable bonds is 3. The molecule has 0 bridgehead atoms. The number of alkyl halides is 1. The summed E-state index contributed by atoms with van der Waals surface area (Å²) in [7, 11) is 1.69. The Kier molecular flexibility index (Phi) is 2.77. The van der Waals surface area contributed by atoms with Gasteiger partial charge in [-0.15, -0.1) is 0 Å². The molecule has 0 spiro atoms. The van der Waals surface area contributed by atoms with E-state index in [2.05, 4.69) is 44.9 Å². The van der Waals surface area contributed by atoms with Crippen molar-refractivity contribution >= 4 is 26.8 Å². The molecule has 0 saturated heterocycles. The molecule has 0 N–H and O–H groups in total. The van der Waals surface area contributed by atoms with Crippen molar-refractivity contribution in [2.24, 2.45) is 0 Å². The normalized spacial score (nSPS) is 10.7. The van der Waals surface area contributed by atoms with E-state index < -0.39 is 0 Å². The zero-order valence-corrected chi connectivity index (χ0v) is 9.62. The second kappa shape index (κ2) is 4.05. The molecular weight excluding hydrogens is 242 g/mol. The average Bonchev–Trinajstić information content (AvgIpc) is 2.61. The fourth-order valence-corrected chi connectivity index (χ4v) is 1.97. The van der Waals surface area contributed by atoms with Crippen molar-refractivity contribution < 1.29 is 4.74 Å². The third kappa shape index (κ3) is 1.64. The van der Waals surface area contributed by atoms with Gasteiger partial charge in [-0.2, -0.15) is 0 Å². The third-order valence-corrected chi connectivity index (χ3v) is 2.66. The van der Waals surface area contributed by atoms with Crippen LogP contribution in [0.1, 0.15) is 0 Å². The van der Waals surface area contributed by atoms with Crippen molar-refractivity contribution in [2.45, 2.75) is 6.54 Å². The summed E-state index contributed by atoms with van der Waals surface area (Å²) in [6, 6.07) is 8.25. The summed E-state index contributed by atoms with van der Waals surface area (Å²) >= 11 is 3.44. The van der Waals surface area contributed by atoms with Crippen LogP contribution in [0, 0.1) is 0 Å². The lowest BCUT2D eigenvalue weighted by Crippen LogP contribution is -1.95. The monoisotopic (exact) mass is 253 g/mol. The van der Waals surface area contributed by atoms with Gasteiger partial charge in [0.25, 0.3) is 0 Å². The van der Waals surface area contributed by atoms with E-state index in [4.69, 9.17) is 4.74 Å². The first kappa shape index (κ1) is 9.59. The van der Waals surface area contributed by atoms with Crippen LogP contribution in [0.5, 0.6) is 5.75 Å². The van der Waals surface area contributed by atoms with Crippen molar-refractivity contribution in [3.05, 3.63) is 30.5 Å². The standard InChI is InChI=1S/C11H12BrNO/c1-14-10-2-3-11-9(8-10)4-6-13(11)7-5-12/h2-4,6,8H,5,7H2,1H3. The van der Waals surface area contributed by atoms with Gasteiger partial charge >= 0.3 is 0 Å². The first-order valence-corrected chi connectivity index (χ1v) is 5.66. The molecule has 1 aromatic heterocycles. The van der Waals surface area contributed by atoms with E-state index in [1.165, 1.54) is 10.9 Å². The Hall–Kier alpha value is -0.960. The molecule has 2 rings (SSSR count). The molecule has 2 aromatic rings. The average molecular weight is 254 g/mol. The Balaban J connectivity index is 2.48. The van der Waals surface area contributed by atoms with Crippen LogP contribution in [-0.4, -0.2) is 17.0 Å². The highest BCUT2D eigenvalue weighted by molar-refractivity contribution is 9.09. The van der Waals surface area contributed by atoms with E-state index >= 15 is 0 Å². The Morgan fingerprint density at radius 2 is 2.21 bits per heavy atom. The van der Waals surface area contributed by atoms with Crippen molar-refractivity contribution in [3.8, 4) is 5.75 Å². The highest BCUT2D eigenvalue weighted by Crippen LogP contribution is 2.21. The topological polar surface area (TPSA) is 14.2 Å². The minimum Gasteiger partial charge on any atom is -0.497 e. The van der Waals surface area contributed by atoms with Gasteiger partial charge in [-0.25, -0.2) is 0 Å². The summed E-state index contributed by atoms with van der Waals surface area (Å²) in [5.74, 6) is 0.911. The van der Waals surface area contributed by atoms with Gasteiger partial charge in [-0.1, -0.05) is 15.9 Å². The lowest BCUT2D eigenvalue weighted by molar-refractivity contribution is 0.415. The first-order valence-electron chi connectivity index (χ1n) is 4.54. The summed E-state index contributed by atoms with van der Waals surface area (Å²) in [4.78, 5) is 0. The zero-order valence-electron chi connectivity index (χ0n) is 8.03. The van der Waals surface area contributed by atoms with E-state index in [9.17, 15) is 0 Å². The predicted molar refractivity (Wildman–Crippen MR) is 62.3 cm³/mol. The number of fused-ring (bicyclic) bond motifs is 1. The van der Waals surface area contributed by atoms with Crippen molar-refractivity contribution in [3.63, 3.8) is 0 Å². The molecule has 0 fully saturated rings. The Labute approximate surface area is 91.6 Å². The molecule has 0 amide bonds. The Morgan fingerprint density at radius 1 is 1.36 bits per heavy atom. The van der Waals surface area contributed by atoms with E-state index in [1.54, 1.807) is 7.11 Å². The summed E-state index contributed by atoms with van der Waals surface area (Å²) in [5.41, 5.74) is 1.25. The minimum atomic E-state index is 0.911.